The average molecular weight is 556 g/mol. The molecule has 0 saturated heterocycles. The fourth-order valence-electron chi connectivity index (χ4n) is 4.41. The number of amides is 2. The lowest BCUT2D eigenvalue weighted by Gasteiger charge is -2.27. The van der Waals surface area contributed by atoms with Gasteiger partial charge in [-0.25, -0.2) is 0 Å². The number of carbonyl (C=O) groups excluding carboxylic acids is 3. The zero-order valence-corrected chi connectivity index (χ0v) is 24.3. The summed E-state index contributed by atoms with van der Waals surface area (Å²) in [5.41, 5.74) is 6.90. The molecular formula is C31H45N3O6. The van der Waals surface area contributed by atoms with Gasteiger partial charge in [-0.3, -0.25) is 19.2 Å². The van der Waals surface area contributed by atoms with Crippen molar-refractivity contribution in [1.29, 1.82) is 0 Å². The fourth-order valence-corrected chi connectivity index (χ4v) is 4.41. The van der Waals surface area contributed by atoms with Crippen molar-refractivity contribution in [3.05, 3.63) is 48.0 Å². The summed E-state index contributed by atoms with van der Waals surface area (Å²) in [5, 5.41) is 16.5. The number of unbranched alkanes of at least 4 members (excludes halogenated alkanes) is 1. The van der Waals surface area contributed by atoms with Crippen LogP contribution in [-0.4, -0.2) is 53.1 Å². The Morgan fingerprint density at radius 2 is 1.62 bits per heavy atom. The van der Waals surface area contributed by atoms with Gasteiger partial charge in [0.25, 0.3) is 0 Å². The summed E-state index contributed by atoms with van der Waals surface area (Å²) in [7, 11) is 0. The Kier molecular flexibility index (Phi) is 13.1. The molecule has 2 rings (SSSR count). The molecule has 2 amide bonds. The van der Waals surface area contributed by atoms with E-state index in [1.54, 1.807) is 0 Å². The Morgan fingerprint density at radius 1 is 0.950 bits per heavy atom. The maximum atomic E-state index is 13.3. The SMILES string of the molecule is CCCC[C@H](C)[C@H](CC(=O)N[C@@H](Cc1ccc2ccccc2c1)C(=O)N[C@@H](C)C(=O)O)OC(=O)[C@H](N)[C@@H](C)CC. The number of ether oxygens (including phenoxy) is 1. The summed E-state index contributed by atoms with van der Waals surface area (Å²) in [6.45, 7) is 9.18. The third-order valence-electron chi connectivity index (χ3n) is 7.47. The molecule has 2 aromatic rings. The van der Waals surface area contributed by atoms with Crippen LogP contribution in [-0.2, 0) is 30.3 Å². The summed E-state index contributed by atoms with van der Waals surface area (Å²) in [5.74, 6) is -2.97. The average Bonchev–Trinajstić information content (AvgIpc) is 2.93. The molecule has 40 heavy (non-hydrogen) atoms. The monoisotopic (exact) mass is 555 g/mol. The number of hydrogen-bond acceptors (Lipinski definition) is 6. The van der Waals surface area contributed by atoms with Crippen LogP contribution in [0.15, 0.2) is 42.5 Å². The van der Waals surface area contributed by atoms with Crippen molar-refractivity contribution in [2.45, 2.75) is 97.4 Å². The molecule has 0 aromatic heterocycles. The number of esters is 1. The van der Waals surface area contributed by atoms with E-state index in [0.717, 1.165) is 35.6 Å². The summed E-state index contributed by atoms with van der Waals surface area (Å²) in [6, 6.07) is 10.6. The normalized spacial score (nSPS) is 15.8. The number of aliphatic carboxylic acids is 1. The van der Waals surface area contributed by atoms with Crippen LogP contribution in [0.5, 0.6) is 0 Å². The standard InChI is InChI=1S/C31H45N3O6/c1-6-8-11-20(4)26(40-31(39)28(32)19(3)7-2)18-27(35)34-25(29(36)33-21(5)30(37)38)17-22-14-15-23-12-9-10-13-24(23)16-22/h9-10,12-16,19-21,25-26,28H,6-8,11,17-18,32H2,1-5H3,(H,33,36)(H,34,35)(H,37,38)/t19-,20-,21-,25-,26-,28+/m0/s1. The third-order valence-corrected chi connectivity index (χ3v) is 7.47. The van der Waals surface area contributed by atoms with Gasteiger partial charge in [-0.1, -0.05) is 89.4 Å². The maximum Gasteiger partial charge on any atom is 0.325 e. The van der Waals surface area contributed by atoms with Crippen molar-refractivity contribution < 1.29 is 29.0 Å². The molecule has 0 fully saturated rings. The Labute approximate surface area is 237 Å². The molecule has 0 aliphatic carbocycles. The Balaban J connectivity index is 2.24. The van der Waals surface area contributed by atoms with Gasteiger partial charge in [0.1, 0.15) is 24.2 Å². The van der Waals surface area contributed by atoms with E-state index < -0.39 is 48.0 Å². The van der Waals surface area contributed by atoms with Crippen LogP contribution < -0.4 is 16.4 Å². The van der Waals surface area contributed by atoms with Crippen molar-refractivity contribution in [1.82, 2.24) is 10.6 Å². The smallest absolute Gasteiger partial charge is 0.325 e. The van der Waals surface area contributed by atoms with E-state index in [0.29, 0.717) is 6.42 Å². The molecule has 0 radical (unpaired) electrons. The second kappa shape index (κ2) is 16.0. The number of nitrogens with one attached hydrogen (secondary N) is 2. The summed E-state index contributed by atoms with van der Waals surface area (Å²) >= 11 is 0. The Hall–Kier alpha value is -3.46. The number of fused-ring (bicyclic) bond motifs is 1. The number of carbonyl (C=O) groups is 4. The summed E-state index contributed by atoms with van der Waals surface area (Å²) < 4.78 is 5.77. The minimum atomic E-state index is -1.18. The van der Waals surface area contributed by atoms with Gasteiger partial charge in [-0.2, -0.15) is 0 Å². The first-order valence-electron chi connectivity index (χ1n) is 14.2. The second-order valence-corrected chi connectivity index (χ2v) is 10.8. The quantitative estimate of drug-likeness (QED) is 0.229. The molecule has 5 N–H and O–H groups in total. The molecule has 6 atom stereocenters. The summed E-state index contributed by atoms with van der Waals surface area (Å²) in [6.07, 6.45) is 2.65. The molecule has 0 heterocycles. The molecule has 0 aliphatic heterocycles. The van der Waals surface area contributed by atoms with Crippen molar-refractivity contribution in [3.8, 4) is 0 Å². The minimum absolute atomic E-state index is 0.0702. The Morgan fingerprint density at radius 3 is 2.25 bits per heavy atom. The minimum Gasteiger partial charge on any atom is -0.480 e. The van der Waals surface area contributed by atoms with Crippen LogP contribution >= 0.6 is 0 Å². The van der Waals surface area contributed by atoms with Crippen molar-refractivity contribution >= 4 is 34.5 Å². The number of nitrogens with two attached hydrogens (primary N) is 1. The van der Waals surface area contributed by atoms with Crippen LogP contribution in [0.25, 0.3) is 10.8 Å². The number of carboxylic acid groups (broad SMARTS) is 1. The van der Waals surface area contributed by atoms with Crippen LogP contribution in [0.4, 0.5) is 0 Å². The number of rotatable bonds is 16. The topological polar surface area (TPSA) is 148 Å². The molecule has 0 spiro atoms. The lowest BCUT2D eigenvalue weighted by molar-refractivity contribution is -0.156. The number of carboxylic acids is 1. The second-order valence-electron chi connectivity index (χ2n) is 10.8. The van der Waals surface area contributed by atoms with Gasteiger partial charge in [0.15, 0.2) is 0 Å². The van der Waals surface area contributed by atoms with Gasteiger partial charge in [0, 0.05) is 6.42 Å². The first-order valence-corrected chi connectivity index (χ1v) is 14.2. The molecular weight excluding hydrogens is 510 g/mol. The third kappa shape index (κ3) is 9.93. The van der Waals surface area contributed by atoms with Crippen LogP contribution in [0, 0.1) is 11.8 Å². The number of benzene rings is 2. The molecule has 0 bridgehead atoms. The van der Waals surface area contributed by atoms with E-state index in [-0.39, 0.29) is 24.7 Å². The van der Waals surface area contributed by atoms with Gasteiger partial charge in [0.05, 0.1) is 6.42 Å². The fraction of sp³-hybridized carbons (Fsp3) is 0.548. The van der Waals surface area contributed by atoms with E-state index in [1.807, 2.05) is 63.2 Å². The molecule has 2 aromatic carbocycles. The molecule has 9 nitrogen and oxygen atoms in total. The molecule has 0 unspecified atom stereocenters. The van der Waals surface area contributed by atoms with Gasteiger partial charge in [-0.05, 0) is 41.5 Å². The predicted octanol–water partition coefficient (Wildman–Crippen LogP) is 3.96. The van der Waals surface area contributed by atoms with Gasteiger partial charge < -0.3 is 26.2 Å². The van der Waals surface area contributed by atoms with Crippen LogP contribution in [0.3, 0.4) is 0 Å². The van der Waals surface area contributed by atoms with Crippen LogP contribution in [0.2, 0.25) is 0 Å². The van der Waals surface area contributed by atoms with E-state index in [2.05, 4.69) is 17.6 Å². The van der Waals surface area contributed by atoms with E-state index in [4.69, 9.17) is 10.5 Å². The predicted molar refractivity (Wildman–Crippen MR) is 155 cm³/mol. The van der Waals surface area contributed by atoms with E-state index >= 15 is 0 Å². The highest BCUT2D eigenvalue weighted by Gasteiger charge is 2.31. The highest BCUT2D eigenvalue weighted by molar-refractivity contribution is 5.91. The van der Waals surface area contributed by atoms with Gasteiger partial charge in [0.2, 0.25) is 11.8 Å². The number of hydrogen-bond donors (Lipinski definition) is 4. The highest BCUT2D eigenvalue weighted by Crippen LogP contribution is 2.21. The summed E-state index contributed by atoms with van der Waals surface area (Å²) in [4.78, 5) is 50.5. The maximum absolute atomic E-state index is 13.3. The lowest BCUT2D eigenvalue weighted by Crippen LogP contribution is -2.52. The molecule has 0 aliphatic rings. The zero-order chi connectivity index (χ0) is 29.8. The first kappa shape index (κ1) is 32.8. The van der Waals surface area contributed by atoms with Crippen molar-refractivity contribution in [2.75, 3.05) is 0 Å². The van der Waals surface area contributed by atoms with Crippen molar-refractivity contribution in [2.24, 2.45) is 17.6 Å². The zero-order valence-electron chi connectivity index (χ0n) is 24.3. The Bertz CT molecular complexity index is 1150. The first-order chi connectivity index (χ1) is 19.0. The van der Waals surface area contributed by atoms with E-state index in [9.17, 15) is 24.3 Å². The molecule has 0 saturated carbocycles. The largest absolute Gasteiger partial charge is 0.480 e. The van der Waals surface area contributed by atoms with Crippen LogP contribution in [0.1, 0.15) is 72.3 Å². The lowest BCUT2D eigenvalue weighted by atomic mass is 9.94. The molecule has 220 valence electrons. The van der Waals surface area contributed by atoms with Gasteiger partial charge >= 0.3 is 11.9 Å². The van der Waals surface area contributed by atoms with Gasteiger partial charge in [-0.15, -0.1) is 0 Å². The van der Waals surface area contributed by atoms with E-state index in [1.165, 1.54) is 6.92 Å². The molecule has 9 heteroatoms. The highest BCUT2D eigenvalue weighted by atomic mass is 16.5. The van der Waals surface area contributed by atoms with Crippen molar-refractivity contribution in [3.63, 3.8) is 0 Å².